The van der Waals surface area contributed by atoms with E-state index < -0.39 is 22.4 Å². The molecule has 50 heavy (non-hydrogen) atoms. The first-order chi connectivity index (χ1) is 23.6. The standard InChI is InChI=1S/C36H44F3N7O2S2/c1-23(44-11-7-29(8-12-44)50(4,47)48)19-46-27(18-40)15-30-24(2)26(5-6-32(30)46)20-43-13-9-35(21-43)10-14-45(22-35)33-31-16-28(17-36(37,38)39)49-34(31)42-25(3)41-33/h5-6,15-16,23,29H,7-14,17,19-22H2,1-4H3/t23-,35?/m0/s1. The second kappa shape index (κ2) is 13.1. The normalized spacial score (nSPS) is 22.0. The highest BCUT2D eigenvalue weighted by molar-refractivity contribution is 7.91. The van der Waals surface area contributed by atoms with E-state index in [9.17, 15) is 26.9 Å². The van der Waals surface area contributed by atoms with Crippen molar-refractivity contribution in [3.8, 4) is 6.07 Å². The van der Waals surface area contributed by atoms with Gasteiger partial charge in [0.15, 0.2) is 0 Å². The molecule has 0 amide bonds. The van der Waals surface area contributed by atoms with Crippen LogP contribution in [-0.2, 0) is 29.3 Å². The molecule has 0 radical (unpaired) electrons. The van der Waals surface area contributed by atoms with Crippen LogP contribution in [0.25, 0.3) is 21.1 Å². The summed E-state index contributed by atoms with van der Waals surface area (Å²) < 4.78 is 65.7. The average molecular weight is 728 g/mol. The number of likely N-dealkylation sites (tertiary alicyclic amines) is 2. The lowest BCUT2D eigenvalue weighted by atomic mass is 9.86. The summed E-state index contributed by atoms with van der Waals surface area (Å²) >= 11 is 1.11. The third-order valence-corrected chi connectivity index (χ3v) is 14.0. The number of rotatable bonds is 8. The van der Waals surface area contributed by atoms with E-state index in [-0.39, 0.29) is 21.6 Å². The topological polar surface area (TPSA) is 98.4 Å². The number of thiophene rings is 1. The van der Waals surface area contributed by atoms with Gasteiger partial charge < -0.3 is 9.47 Å². The van der Waals surface area contributed by atoms with Crippen molar-refractivity contribution < 1.29 is 21.6 Å². The number of hydrogen-bond donors (Lipinski definition) is 0. The summed E-state index contributed by atoms with van der Waals surface area (Å²) in [6.07, 6.45) is -0.546. The van der Waals surface area contributed by atoms with Gasteiger partial charge in [0.05, 0.1) is 17.1 Å². The lowest BCUT2D eigenvalue weighted by Gasteiger charge is -2.35. The van der Waals surface area contributed by atoms with E-state index in [1.165, 1.54) is 17.4 Å². The molecule has 4 aromatic rings. The molecule has 0 saturated carbocycles. The van der Waals surface area contributed by atoms with E-state index in [1.807, 2.05) is 6.07 Å². The van der Waals surface area contributed by atoms with E-state index >= 15 is 0 Å². The van der Waals surface area contributed by atoms with Crippen LogP contribution in [0.1, 0.15) is 60.1 Å². The number of piperidine rings is 1. The summed E-state index contributed by atoms with van der Waals surface area (Å²) in [5.41, 5.74) is 4.19. The Balaban J connectivity index is 1.03. The highest BCUT2D eigenvalue weighted by Crippen LogP contribution is 2.44. The first kappa shape index (κ1) is 35.2. The second-order valence-electron chi connectivity index (χ2n) is 14.9. The van der Waals surface area contributed by atoms with Crippen molar-refractivity contribution in [2.24, 2.45) is 5.41 Å². The Kier molecular flexibility index (Phi) is 9.19. The van der Waals surface area contributed by atoms with Crippen LogP contribution in [0, 0.1) is 30.6 Å². The first-order valence-electron chi connectivity index (χ1n) is 17.4. The van der Waals surface area contributed by atoms with Crippen molar-refractivity contribution >= 4 is 48.1 Å². The van der Waals surface area contributed by atoms with E-state index in [1.54, 1.807) is 13.0 Å². The minimum atomic E-state index is -4.26. The van der Waals surface area contributed by atoms with E-state index in [4.69, 9.17) is 4.98 Å². The molecule has 1 spiro atoms. The fraction of sp³-hybridized carbons (Fsp3) is 0.583. The molecule has 268 valence electrons. The van der Waals surface area contributed by atoms with Gasteiger partial charge in [0, 0.05) is 66.2 Å². The Bertz CT molecular complexity index is 2080. The zero-order valence-corrected chi connectivity index (χ0v) is 30.7. The van der Waals surface area contributed by atoms with Crippen molar-refractivity contribution in [2.75, 3.05) is 50.4 Å². The Labute approximate surface area is 295 Å². The highest BCUT2D eigenvalue weighted by atomic mass is 32.2. The first-order valence-corrected chi connectivity index (χ1v) is 20.1. The van der Waals surface area contributed by atoms with Gasteiger partial charge >= 0.3 is 6.18 Å². The van der Waals surface area contributed by atoms with E-state index in [0.29, 0.717) is 41.1 Å². The number of nitrogens with zero attached hydrogens (tertiary/aromatic N) is 7. The summed E-state index contributed by atoms with van der Waals surface area (Å²) in [5.74, 6) is 1.32. The van der Waals surface area contributed by atoms with Crippen LogP contribution >= 0.6 is 11.3 Å². The van der Waals surface area contributed by atoms with Crippen LogP contribution in [0.4, 0.5) is 19.0 Å². The fourth-order valence-corrected chi connectivity index (χ4v) is 10.7. The van der Waals surface area contributed by atoms with E-state index in [2.05, 4.69) is 56.3 Å². The third-order valence-electron chi connectivity index (χ3n) is 11.3. The SMILES string of the molecule is Cc1nc(N2CCC3(CCN(Cc4ccc5c(cc(C#N)n5C[C@H](C)N5CCC(S(C)(=O)=O)CC5)c4C)C3)C2)c2cc(CC(F)(F)F)sc2n1. The molecule has 3 fully saturated rings. The van der Waals surface area contributed by atoms with Gasteiger partial charge in [0.1, 0.15) is 38.1 Å². The minimum Gasteiger partial charge on any atom is -0.355 e. The summed E-state index contributed by atoms with van der Waals surface area (Å²) in [7, 11) is -3.03. The second-order valence-corrected chi connectivity index (χ2v) is 18.3. The smallest absolute Gasteiger partial charge is 0.355 e. The maximum atomic E-state index is 13.2. The molecule has 7 rings (SSSR count). The predicted molar refractivity (Wildman–Crippen MR) is 191 cm³/mol. The molecule has 3 aliphatic rings. The van der Waals surface area contributed by atoms with Gasteiger partial charge in [0.25, 0.3) is 0 Å². The maximum Gasteiger partial charge on any atom is 0.393 e. The molecular formula is C36H44F3N7O2S2. The van der Waals surface area contributed by atoms with Gasteiger partial charge in [0.2, 0.25) is 0 Å². The number of nitriles is 1. The molecule has 6 heterocycles. The molecule has 3 aromatic heterocycles. The van der Waals surface area contributed by atoms with Gasteiger partial charge in [-0.3, -0.25) is 9.80 Å². The number of aryl methyl sites for hydroxylation is 2. The number of hydrogen-bond acceptors (Lipinski definition) is 9. The predicted octanol–water partition coefficient (Wildman–Crippen LogP) is 6.24. The van der Waals surface area contributed by atoms with Crippen molar-refractivity contribution in [3.63, 3.8) is 0 Å². The summed E-state index contributed by atoms with van der Waals surface area (Å²) in [6.45, 7) is 12.6. The van der Waals surface area contributed by atoms with Crippen LogP contribution in [0.15, 0.2) is 24.3 Å². The lowest BCUT2D eigenvalue weighted by molar-refractivity contribution is -0.126. The Morgan fingerprint density at radius 2 is 1.80 bits per heavy atom. The molecule has 14 heteroatoms. The number of benzene rings is 1. The van der Waals surface area contributed by atoms with Gasteiger partial charge in [-0.15, -0.1) is 11.3 Å². The van der Waals surface area contributed by atoms with Crippen LogP contribution in [0.3, 0.4) is 0 Å². The van der Waals surface area contributed by atoms with Crippen LogP contribution in [0.2, 0.25) is 0 Å². The summed E-state index contributed by atoms with van der Waals surface area (Å²) in [4.78, 5) is 17.2. The highest BCUT2D eigenvalue weighted by Gasteiger charge is 2.44. The molecule has 1 unspecified atom stereocenters. The summed E-state index contributed by atoms with van der Waals surface area (Å²) in [6, 6.07) is 10.5. The zero-order valence-electron chi connectivity index (χ0n) is 29.1. The van der Waals surface area contributed by atoms with Gasteiger partial charge in [-0.2, -0.15) is 18.4 Å². The number of fused-ring (bicyclic) bond motifs is 2. The van der Waals surface area contributed by atoms with Gasteiger partial charge in [-0.05, 0) is 95.4 Å². The molecule has 1 aromatic carbocycles. The Morgan fingerprint density at radius 1 is 1.06 bits per heavy atom. The number of halogens is 3. The molecule has 2 atom stereocenters. The van der Waals surface area contributed by atoms with Crippen LogP contribution in [-0.4, -0.2) is 95.7 Å². The quantitative estimate of drug-likeness (QED) is 0.211. The van der Waals surface area contributed by atoms with Crippen LogP contribution < -0.4 is 4.90 Å². The van der Waals surface area contributed by atoms with E-state index in [0.717, 1.165) is 86.7 Å². The number of alkyl halides is 3. The Hall–Kier alpha value is -3.25. The molecule has 3 aliphatic heterocycles. The molecule has 3 saturated heterocycles. The largest absolute Gasteiger partial charge is 0.393 e. The molecular weight excluding hydrogens is 684 g/mol. The minimum absolute atomic E-state index is 0.0945. The van der Waals surface area contributed by atoms with Gasteiger partial charge in [-0.25, -0.2) is 18.4 Å². The van der Waals surface area contributed by atoms with Crippen molar-refractivity contribution in [2.45, 2.75) is 83.4 Å². The number of sulfone groups is 1. The van der Waals surface area contributed by atoms with Crippen LogP contribution in [0.5, 0.6) is 0 Å². The molecule has 0 bridgehead atoms. The molecule has 0 aliphatic carbocycles. The van der Waals surface area contributed by atoms with Gasteiger partial charge in [-0.1, -0.05) is 6.07 Å². The van der Waals surface area contributed by atoms with Crippen molar-refractivity contribution in [3.05, 3.63) is 51.8 Å². The van der Waals surface area contributed by atoms with Crippen molar-refractivity contribution in [1.82, 2.24) is 24.3 Å². The molecule has 9 nitrogen and oxygen atoms in total. The zero-order chi connectivity index (χ0) is 35.6. The average Bonchev–Trinajstić information content (AvgIpc) is 3.83. The third kappa shape index (κ3) is 6.98. The Morgan fingerprint density at radius 3 is 2.50 bits per heavy atom. The lowest BCUT2D eigenvalue weighted by Crippen LogP contribution is -2.44. The maximum absolute atomic E-state index is 13.2. The molecule has 0 N–H and O–H groups in total. The fourth-order valence-electron chi connectivity index (χ4n) is 8.54. The van der Waals surface area contributed by atoms with Crippen molar-refractivity contribution in [1.29, 1.82) is 5.26 Å². The number of anilines is 1. The summed E-state index contributed by atoms with van der Waals surface area (Å²) in [5, 5.41) is 11.6. The number of aromatic nitrogens is 3. The monoisotopic (exact) mass is 727 g/mol.